The van der Waals surface area contributed by atoms with Crippen molar-refractivity contribution in [1.29, 1.82) is 0 Å². The Morgan fingerprint density at radius 3 is 2.37 bits per heavy atom. The first-order valence-electron chi connectivity index (χ1n) is 12.6. The largest absolute Gasteiger partial charge is 0.496 e. The fraction of sp³-hybridized carbons (Fsp3) is 0.500. The molecule has 1 aliphatic carbocycles. The van der Waals surface area contributed by atoms with E-state index in [-0.39, 0.29) is 30.9 Å². The third-order valence-electron chi connectivity index (χ3n) is 6.97. The second-order valence-electron chi connectivity index (χ2n) is 9.25. The lowest BCUT2D eigenvalue weighted by molar-refractivity contribution is -0.160. The maximum atomic E-state index is 14.0. The Balaban J connectivity index is 1.72. The van der Waals surface area contributed by atoms with Crippen LogP contribution >= 0.6 is 0 Å². The quantitative estimate of drug-likeness (QED) is 0.519. The van der Waals surface area contributed by atoms with Crippen LogP contribution in [0.2, 0.25) is 0 Å². The minimum atomic E-state index is -0.739. The number of rotatable bonds is 9. The minimum Gasteiger partial charge on any atom is -0.496 e. The molecular formula is C28H36N2O5. The van der Waals surface area contributed by atoms with Crippen LogP contribution in [0.4, 0.5) is 0 Å². The zero-order chi connectivity index (χ0) is 24.8. The average molecular weight is 481 g/mol. The number of amides is 2. The van der Waals surface area contributed by atoms with Crippen molar-refractivity contribution in [3.05, 3.63) is 53.6 Å². The van der Waals surface area contributed by atoms with Crippen LogP contribution in [0.5, 0.6) is 17.2 Å². The summed E-state index contributed by atoms with van der Waals surface area (Å²) in [5.74, 6) is 1.80. The fourth-order valence-corrected chi connectivity index (χ4v) is 5.16. The first-order valence-corrected chi connectivity index (χ1v) is 12.6. The molecule has 1 heterocycles. The van der Waals surface area contributed by atoms with Crippen LogP contribution in [-0.2, 0) is 16.1 Å². The molecule has 0 unspecified atom stereocenters. The molecule has 1 saturated carbocycles. The Bertz CT molecular complexity index is 1030. The van der Waals surface area contributed by atoms with Crippen molar-refractivity contribution < 1.29 is 23.8 Å². The molecule has 188 valence electrons. The Labute approximate surface area is 207 Å². The van der Waals surface area contributed by atoms with Crippen LogP contribution in [0.25, 0.3) is 0 Å². The van der Waals surface area contributed by atoms with E-state index in [0.717, 1.165) is 43.2 Å². The Morgan fingerprint density at radius 2 is 1.66 bits per heavy atom. The van der Waals surface area contributed by atoms with E-state index in [1.165, 1.54) is 6.42 Å². The molecule has 7 nitrogen and oxygen atoms in total. The van der Waals surface area contributed by atoms with Gasteiger partial charge in [-0.3, -0.25) is 9.59 Å². The SMILES string of the molecule is CCCOc1ccc([C@H]2C(=O)N(C3CCCCC3)CC(=O)N2Cc2ccccc2OC)cc1OC. The van der Waals surface area contributed by atoms with Gasteiger partial charge in [-0.2, -0.15) is 0 Å². The highest BCUT2D eigenvalue weighted by molar-refractivity contribution is 5.96. The predicted octanol–water partition coefficient (Wildman–Crippen LogP) is 4.74. The lowest BCUT2D eigenvalue weighted by atomic mass is 9.91. The molecule has 1 aliphatic heterocycles. The zero-order valence-corrected chi connectivity index (χ0v) is 21.0. The lowest BCUT2D eigenvalue weighted by Crippen LogP contribution is -2.58. The van der Waals surface area contributed by atoms with Gasteiger partial charge in [-0.05, 0) is 43.0 Å². The Kier molecular flexibility index (Phi) is 8.16. The lowest BCUT2D eigenvalue weighted by Gasteiger charge is -2.44. The molecule has 0 N–H and O–H groups in total. The molecule has 2 fully saturated rings. The van der Waals surface area contributed by atoms with Crippen molar-refractivity contribution in [3.8, 4) is 17.2 Å². The van der Waals surface area contributed by atoms with E-state index in [1.807, 2.05) is 54.3 Å². The summed E-state index contributed by atoms with van der Waals surface area (Å²) in [6, 6.07) is 12.5. The first-order chi connectivity index (χ1) is 17.1. The van der Waals surface area contributed by atoms with Gasteiger partial charge in [-0.1, -0.05) is 50.5 Å². The molecule has 0 aromatic heterocycles. The average Bonchev–Trinajstić information content (AvgIpc) is 2.90. The number of carbonyl (C=O) groups is 2. The van der Waals surface area contributed by atoms with E-state index in [2.05, 4.69) is 0 Å². The molecule has 2 aromatic carbocycles. The monoisotopic (exact) mass is 480 g/mol. The van der Waals surface area contributed by atoms with E-state index in [0.29, 0.717) is 23.9 Å². The number of methoxy groups -OCH3 is 2. The van der Waals surface area contributed by atoms with Gasteiger partial charge < -0.3 is 24.0 Å². The third kappa shape index (κ3) is 5.39. The molecule has 1 atom stereocenters. The van der Waals surface area contributed by atoms with E-state index in [4.69, 9.17) is 14.2 Å². The summed E-state index contributed by atoms with van der Waals surface area (Å²) in [4.78, 5) is 31.1. The van der Waals surface area contributed by atoms with Crippen LogP contribution in [-0.4, -0.2) is 55.0 Å². The number of hydrogen-bond acceptors (Lipinski definition) is 5. The fourth-order valence-electron chi connectivity index (χ4n) is 5.16. The Morgan fingerprint density at radius 1 is 0.914 bits per heavy atom. The van der Waals surface area contributed by atoms with Crippen LogP contribution in [0, 0.1) is 0 Å². The normalized spacial score (nSPS) is 19.1. The van der Waals surface area contributed by atoms with Gasteiger partial charge in [0.1, 0.15) is 18.3 Å². The van der Waals surface area contributed by atoms with Crippen molar-refractivity contribution in [1.82, 2.24) is 9.80 Å². The Hall–Kier alpha value is -3.22. The molecule has 0 bridgehead atoms. The zero-order valence-electron chi connectivity index (χ0n) is 21.0. The topological polar surface area (TPSA) is 68.3 Å². The van der Waals surface area contributed by atoms with Crippen LogP contribution in [0.1, 0.15) is 62.6 Å². The van der Waals surface area contributed by atoms with Gasteiger partial charge in [0, 0.05) is 11.6 Å². The molecule has 2 aliphatic rings. The summed E-state index contributed by atoms with van der Waals surface area (Å²) in [6.45, 7) is 3.02. The number of hydrogen-bond donors (Lipinski definition) is 0. The molecule has 0 spiro atoms. The molecule has 2 aromatic rings. The molecule has 2 amide bonds. The summed E-state index contributed by atoms with van der Waals surface area (Å²) in [5.41, 5.74) is 1.58. The van der Waals surface area contributed by atoms with Gasteiger partial charge in [-0.25, -0.2) is 0 Å². The number of piperazine rings is 1. The smallest absolute Gasteiger partial charge is 0.250 e. The number of nitrogens with zero attached hydrogens (tertiary/aromatic N) is 2. The van der Waals surface area contributed by atoms with E-state index in [9.17, 15) is 9.59 Å². The van der Waals surface area contributed by atoms with Gasteiger partial charge in [0.15, 0.2) is 11.5 Å². The van der Waals surface area contributed by atoms with Gasteiger partial charge >= 0.3 is 0 Å². The number of benzene rings is 2. The minimum absolute atomic E-state index is 0.0318. The van der Waals surface area contributed by atoms with Crippen molar-refractivity contribution in [2.75, 3.05) is 27.4 Å². The van der Waals surface area contributed by atoms with Gasteiger partial charge in [-0.15, -0.1) is 0 Å². The predicted molar refractivity (Wildman–Crippen MR) is 134 cm³/mol. The highest BCUT2D eigenvalue weighted by Crippen LogP contribution is 2.38. The second-order valence-corrected chi connectivity index (χ2v) is 9.25. The summed E-state index contributed by atoms with van der Waals surface area (Å²) < 4.78 is 16.9. The van der Waals surface area contributed by atoms with Crippen LogP contribution in [0.15, 0.2) is 42.5 Å². The number of ether oxygens (including phenoxy) is 3. The second kappa shape index (κ2) is 11.5. The molecule has 0 radical (unpaired) electrons. The first kappa shape index (κ1) is 24.9. The summed E-state index contributed by atoms with van der Waals surface area (Å²) in [5, 5.41) is 0. The molecule has 1 saturated heterocycles. The van der Waals surface area contributed by atoms with Gasteiger partial charge in [0.2, 0.25) is 5.91 Å². The standard InChI is InChI=1S/C28H36N2O5/c1-4-16-35-24-15-14-20(17-25(24)34-3)27-28(32)29(22-11-6-5-7-12-22)19-26(31)30(27)18-21-10-8-9-13-23(21)33-2/h8-10,13-15,17,22,27H,4-7,11-12,16,18-19H2,1-3H3/t27-/m0/s1. The molecule has 7 heteroatoms. The third-order valence-corrected chi connectivity index (χ3v) is 6.97. The van der Waals surface area contributed by atoms with Gasteiger partial charge in [0.25, 0.3) is 5.91 Å². The van der Waals surface area contributed by atoms with E-state index >= 15 is 0 Å². The van der Waals surface area contributed by atoms with Crippen molar-refractivity contribution in [2.24, 2.45) is 0 Å². The highest BCUT2D eigenvalue weighted by Gasteiger charge is 2.43. The molecular weight excluding hydrogens is 444 g/mol. The van der Waals surface area contributed by atoms with Gasteiger partial charge in [0.05, 0.1) is 27.4 Å². The molecule has 35 heavy (non-hydrogen) atoms. The van der Waals surface area contributed by atoms with Crippen LogP contribution < -0.4 is 14.2 Å². The maximum Gasteiger partial charge on any atom is 0.250 e. The van der Waals surface area contributed by atoms with Crippen molar-refractivity contribution in [3.63, 3.8) is 0 Å². The van der Waals surface area contributed by atoms with E-state index in [1.54, 1.807) is 19.1 Å². The number of carbonyl (C=O) groups excluding carboxylic acids is 2. The van der Waals surface area contributed by atoms with Crippen LogP contribution in [0.3, 0.4) is 0 Å². The molecule has 4 rings (SSSR count). The number of para-hydroxylation sites is 1. The van der Waals surface area contributed by atoms with E-state index < -0.39 is 6.04 Å². The summed E-state index contributed by atoms with van der Waals surface area (Å²) in [7, 11) is 3.21. The van der Waals surface area contributed by atoms with Crippen molar-refractivity contribution >= 4 is 11.8 Å². The summed E-state index contributed by atoms with van der Waals surface area (Å²) in [6.07, 6.45) is 6.15. The van der Waals surface area contributed by atoms with Crippen molar-refractivity contribution in [2.45, 2.75) is 64.1 Å². The highest BCUT2D eigenvalue weighted by atomic mass is 16.5. The summed E-state index contributed by atoms with van der Waals surface area (Å²) >= 11 is 0. The maximum absolute atomic E-state index is 14.0.